The highest BCUT2D eigenvalue weighted by Crippen LogP contribution is 2.41. The molecule has 2 aliphatic rings. The summed E-state index contributed by atoms with van der Waals surface area (Å²) in [5.74, 6) is 1.64. The molecule has 138 valence electrons. The highest BCUT2D eigenvalue weighted by molar-refractivity contribution is 5.76. The molecule has 0 aromatic heterocycles. The SMILES string of the molecule is CCCC(=O)NC1CN2CCc3cc(OC)c(OC)cc3C2CC1N. The number of nitrogens with two attached hydrogens (primary N) is 1. The van der Waals surface area contributed by atoms with Crippen molar-refractivity contribution >= 4 is 5.91 Å². The minimum absolute atomic E-state index is 0.0250. The van der Waals surface area contributed by atoms with Crippen LogP contribution >= 0.6 is 0 Å². The zero-order chi connectivity index (χ0) is 18.0. The van der Waals surface area contributed by atoms with Gasteiger partial charge in [0, 0.05) is 31.6 Å². The van der Waals surface area contributed by atoms with Crippen LogP contribution in [0.1, 0.15) is 43.4 Å². The second-order valence-electron chi connectivity index (χ2n) is 6.99. The highest BCUT2D eigenvalue weighted by atomic mass is 16.5. The van der Waals surface area contributed by atoms with E-state index in [0.29, 0.717) is 6.42 Å². The summed E-state index contributed by atoms with van der Waals surface area (Å²) in [5, 5.41) is 3.12. The Labute approximate surface area is 149 Å². The molecule has 3 unspecified atom stereocenters. The fourth-order valence-electron chi connectivity index (χ4n) is 4.04. The summed E-state index contributed by atoms with van der Waals surface area (Å²) < 4.78 is 10.9. The number of benzene rings is 1. The van der Waals surface area contributed by atoms with E-state index in [4.69, 9.17) is 15.2 Å². The molecule has 0 bridgehead atoms. The van der Waals surface area contributed by atoms with Crippen LogP contribution in [-0.2, 0) is 11.2 Å². The van der Waals surface area contributed by atoms with Crippen LogP contribution in [0.4, 0.5) is 0 Å². The molecule has 1 aromatic carbocycles. The molecule has 0 spiro atoms. The summed E-state index contributed by atoms with van der Waals surface area (Å²) in [6, 6.07) is 4.44. The number of nitrogens with one attached hydrogen (secondary N) is 1. The monoisotopic (exact) mass is 347 g/mol. The maximum absolute atomic E-state index is 12.0. The minimum atomic E-state index is -0.0406. The maximum atomic E-state index is 12.0. The maximum Gasteiger partial charge on any atom is 0.220 e. The number of carbonyl (C=O) groups is 1. The van der Waals surface area contributed by atoms with Crippen LogP contribution < -0.4 is 20.5 Å². The highest BCUT2D eigenvalue weighted by Gasteiger charge is 2.38. The number of ether oxygens (including phenoxy) is 2. The van der Waals surface area contributed by atoms with Crippen molar-refractivity contribution in [2.45, 2.75) is 50.7 Å². The first-order valence-corrected chi connectivity index (χ1v) is 9.11. The van der Waals surface area contributed by atoms with Gasteiger partial charge in [-0.1, -0.05) is 6.92 Å². The Morgan fingerprint density at radius 3 is 2.72 bits per heavy atom. The predicted molar refractivity (Wildman–Crippen MR) is 97.0 cm³/mol. The van der Waals surface area contributed by atoms with E-state index in [0.717, 1.165) is 43.9 Å². The molecule has 1 saturated heterocycles. The van der Waals surface area contributed by atoms with Gasteiger partial charge >= 0.3 is 0 Å². The summed E-state index contributed by atoms with van der Waals surface area (Å²) in [7, 11) is 3.33. The van der Waals surface area contributed by atoms with E-state index in [1.807, 2.05) is 6.92 Å². The second kappa shape index (κ2) is 7.62. The third-order valence-corrected chi connectivity index (χ3v) is 5.38. The van der Waals surface area contributed by atoms with Gasteiger partial charge in [0.2, 0.25) is 5.91 Å². The molecular weight excluding hydrogens is 318 g/mol. The van der Waals surface area contributed by atoms with E-state index < -0.39 is 0 Å². The molecule has 3 N–H and O–H groups in total. The van der Waals surface area contributed by atoms with E-state index in [9.17, 15) is 4.79 Å². The summed E-state index contributed by atoms with van der Waals surface area (Å²) in [5.41, 5.74) is 9.00. The van der Waals surface area contributed by atoms with E-state index in [1.165, 1.54) is 11.1 Å². The van der Waals surface area contributed by atoms with Crippen LogP contribution in [0.3, 0.4) is 0 Å². The number of carbonyl (C=O) groups excluding carboxylic acids is 1. The second-order valence-corrected chi connectivity index (χ2v) is 6.99. The largest absolute Gasteiger partial charge is 0.493 e. The predicted octanol–water partition coefficient (Wildman–Crippen LogP) is 1.62. The van der Waals surface area contributed by atoms with Gasteiger partial charge in [-0.3, -0.25) is 9.69 Å². The Morgan fingerprint density at radius 2 is 2.04 bits per heavy atom. The molecule has 2 aliphatic heterocycles. The number of amides is 1. The Hall–Kier alpha value is -1.79. The van der Waals surface area contributed by atoms with Crippen molar-refractivity contribution in [3.63, 3.8) is 0 Å². The lowest BCUT2D eigenvalue weighted by atomic mass is 9.83. The average Bonchev–Trinajstić information content (AvgIpc) is 2.61. The molecule has 6 heteroatoms. The molecule has 6 nitrogen and oxygen atoms in total. The van der Waals surface area contributed by atoms with Crippen molar-refractivity contribution in [1.29, 1.82) is 0 Å². The van der Waals surface area contributed by atoms with Crippen molar-refractivity contribution in [2.75, 3.05) is 27.3 Å². The first kappa shape index (κ1) is 18.0. The Morgan fingerprint density at radius 1 is 1.32 bits per heavy atom. The van der Waals surface area contributed by atoms with E-state index in [-0.39, 0.29) is 24.0 Å². The van der Waals surface area contributed by atoms with Crippen LogP contribution in [0, 0.1) is 0 Å². The van der Waals surface area contributed by atoms with Gasteiger partial charge in [0.1, 0.15) is 0 Å². The first-order chi connectivity index (χ1) is 12.1. The topological polar surface area (TPSA) is 76.8 Å². The van der Waals surface area contributed by atoms with Crippen LogP contribution in [0.15, 0.2) is 12.1 Å². The zero-order valence-electron chi connectivity index (χ0n) is 15.4. The van der Waals surface area contributed by atoms with E-state index >= 15 is 0 Å². The normalized spacial score (nSPS) is 25.7. The number of rotatable bonds is 5. The van der Waals surface area contributed by atoms with E-state index in [1.54, 1.807) is 14.2 Å². The third-order valence-electron chi connectivity index (χ3n) is 5.38. The summed E-state index contributed by atoms with van der Waals surface area (Å²) >= 11 is 0. The van der Waals surface area contributed by atoms with Gasteiger partial charge in [0.05, 0.1) is 20.3 Å². The molecule has 0 saturated carbocycles. The molecular formula is C19H29N3O3. The van der Waals surface area contributed by atoms with Gasteiger partial charge in [0.25, 0.3) is 0 Å². The van der Waals surface area contributed by atoms with Gasteiger partial charge in [-0.05, 0) is 42.5 Å². The van der Waals surface area contributed by atoms with Gasteiger partial charge in [-0.15, -0.1) is 0 Å². The van der Waals surface area contributed by atoms with E-state index in [2.05, 4.69) is 22.3 Å². The van der Waals surface area contributed by atoms with Gasteiger partial charge in [-0.2, -0.15) is 0 Å². The minimum Gasteiger partial charge on any atom is -0.493 e. The number of piperidine rings is 1. The average molecular weight is 347 g/mol. The summed E-state index contributed by atoms with van der Waals surface area (Å²) in [6.45, 7) is 3.79. The quantitative estimate of drug-likeness (QED) is 0.846. The molecule has 3 atom stereocenters. The molecule has 0 aliphatic carbocycles. The van der Waals surface area contributed by atoms with Crippen LogP contribution in [0.5, 0.6) is 11.5 Å². The fraction of sp³-hybridized carbons (Fsp3) is 0.632. The third kappa shape index (κ3) is 3.60. The standard InChI is InChI=1S/C19H29N3O3/c1-4-5-19(23)21-15-11-22-7-6-12-8-17(24-2)18(25-3)9-13(12)16(22)10-14(15)20/h8-9,14-16H,4-7,10-11,20H2,1-3H3,(H,21,23). The fourth-order valence-corrected chi connectivity index (χ4v) is 4.04. The van der Waals surface area contributed by atoms with Gasteiger partial charge < -0.3 is 20.5 Å². The molecule has 1 amide bonds. The number of methoxy groups -OCH3 is 2. The summed E-state index contributed by atoms with van der Waals surface area (Å²) in [6.07, 6.45) is 3.22. The first-order valence-electron chi connectivity index (χ1n) is 9.11. The van der Waals surface area contributed by atoms with Gasteiger partial charge in [0.15, 0.2) is 11.5 Å². The molecule has 25 heavy (non-hydrogen) atoms. The number of fused-ring (bicyclic) bond motifs is 3. The van der Waals surface area contributed by atoms with Crippen LogP contribution in [-0.4, -0.2) is 50.2 Å². The number of hydrogen-bond acceptors (Lipinski definition) is 5. The van der Waals surface area contributed by atoms with Crippen LogP contribution in [0.2, 0.25) is 0 Å². The van der Waals surface area contributed by atoms with Gasteiger partial charge in [-0.25, -0.2) is 0 Å². The zero-order valence-corrected chi connectivity index (χ0v) is 15.4. The molecule has 1 aromatic rings. The molecule has 2 heterocycles. The van der Waals surface area contributed by atoms with Crippen molar-refractivity contribution < 1.29 is 14.3 Å². The van der Waals surface area contributed by atoms with Crippen molar-refractivity contribution in [3.05, 3.63) is 23.3 Å². The van der Waals surface area contributed by atoms with Crippen molar-refractivity contribution in [2.24, 2.45) is 5.73 Å². The molecule has 0 radical (unpaired) electrons. The smallest absolute Gasteiger partial charge is 0.220 e. The van der Waals surface area contributed by atoms with Crippen LogP contribution in [0.25, 0.3) is 0 Å². The van der Waals surface area contributed by atoms with Crippen molar-refractivity contribution in [1.82, 2.24) is 10.2 Å². The lowest BCUT2D eigenvalue weighted by Gasteiger charge is -2.46. The molecule has 1 fully saturated rings. The van der Waals surface area contributed by atoms with Crippen molar-refractivity contribution in [3.8, 4) is 11.5 Å². The Kier molecular flexibility index (Phi) is 5.49. The lowest BCUT2D eigenvalue weighted by molar-refractivity contribution is -0.122. The number of nitrogens with zero attached hydrogens (tertiary/aromatic N) is 1. The Bertz CT molecular complexity index is 635. The lowest BCUT2D eigenvalue weighted by Crippen LogP contribution is -2.60. The Balaban J connectivity index is 1.80. The summed E-state index contributed by atoms with van der Waals surface area (Å²) in [4.78, 5) is 14.4. The number of hydrogen-bond donors (Lipinski definition) is 2. The molecule has 3 rings (SSSR count).